The van der Waals surface area contributed by atoms with Crippen LogP contribution in [0, 0.1) is 0 Å². The molecule has 2 atom stereocenters. The van der Waals surface area contributed by atoms with Gasteiger partial charge >= 0.3 is 0 Å². The van der Waals surface area contributed by atoms with Crippen LogP contribution in [-0.4, -0.2) is 49.9 Å². The second-order valence-electron chi connectivity index (χ2n) is 7.79. The fourth-order valence-electron chi connectivity index (χ4n) is 3.57. The lowest BCUT2D eigenvalue weighted by atomic mass is 10.2. The van der Waals surface area contributed by atoms with Gasteiger partial charge in [0.1, 0.15) is 5.82 Å². The smallest absolute Gasteiger partial charge is 0.257 e. The summed E-state index contributed by atoms with van der Waals surface area (Å²) in [5, 5.41) is 2.54. The Bertz CT molecular complexity index is 976. The van der Waals surface area contributed by atoms with Gasteiger partial charge in [0.15, 0.2) is 9.84 Å². The molecule has 2 heterocycles. The fourth-order valence-corrected chi connectivity index (χ4v) is 5.23. The van der Waals surface area contributed by atoms with Crippen molar-refractivity contribution in [2.45, 2.75) is 49.0 Å². The van der Waals surface area contributed by atoms with E-state index in [2.05, 4.69) is 15.2 Å². The number of carbonyl (C=O) groups excluding carboxylic acids is 1. The number of aromatic nitrogens is 1. The molecule has 0 spiro atoms. The predicted octanol–water partition coefficient (Wildman–Crippen LogP) is 2.88. The molecule has 154 valence electrons. The van der Waals surface area contributed by atoms with Crippen molar-refractivity contribution in [3.05, 3.63) is 48.2 Å². The molecule has 7 nitrogen and oxygen atoms in total. The van der Waals surface area contributed by atoms with E-state index in [1.165, 1.54) is 0 Å². The van der Waals surface area contributed by atoms with Crippen molar-refractivity contribution in [1.82, 2.24) is 4.98 Å². The summed E-state index contributed by atoms with van der Waals surface area (Å²) in [5.74, 6) is 0.531. The summed E-state index contributed by atoms with van der Waals surface area (Å²) in [5.41, 5.74) is 0.988. The first-order chi connectivity index (χ1) is 13.8. The summed E-state index contributed by atoms with van der Waals surface area (Å²) < 4.78 is 30.2. The number of pyridine rings is 1. The molecule has 2 aliphatic rings. The van der Waals surface area contributed by atoms with Gasteiger partial charge in [-0.25, -0.2) is 13.4 Å². The van der Waals surface area contributed by atoms with Crippen LogP contribution in [0.2, 0.25) is 0 Å². The molecule has 2 unspecified atom stereocenters. The van der Waals surface area contributed by atoms with Crippen molar-refractivity contribution < 1.29 is 17.9 Å². The average Bonchev–Trinajstić information content (AvgIpc) is 3.54. The van der Waals surface area contributed by atoms with E-state index in [0.29, 0.717) is 16.1 Å². The molecule has 1 aromatic heterocycles. The van der Waals surface area contributed by atoms with E-state index >= 15 is 0 Å². The minimum Gasteiger partial charge on any atom is -0.372 e. The van der Waals surface area contributed by atoms with Crippen LogP contribution >= 0.6 is 0 Å². The first-order valence-electron chi connectivity index (χ1n) is 9.84. The lowest BCUT2D eigenvalue weighted by Gasteiger charge is -2.36. The molecule has 1 N–H and O–H groups in total. The Morgan fingerprint density at radius 3 is 2.28 bits per heavy atom. The quantitative estimate of drug-likeness (QED) is 0.808. The van der Waals surface area contributed by atoms with Gasteiger partial charge in [-0.05, 0) is 63.1 Å². The molecule has 0 bridgehead atoms. The minimum absolute atomic E-state index is 0.134. The number of amides is 1. The first-order valence-corrected chi connectivity index (χ1v) is 11.4. The van der Waals surface area contributed by atoms with E-state index in [-0.39, 0.29) is 23.4 Å². The third kappa shape index (κ3) is 4.43. The molecule has 1 aliphatic heterocycles. The number of nitrogens with zero attached hydrogens (tertiary/aromatic N) is 2. The first kappa shape index (κ1) is 19.8. The molecule has 4 rings (SSSR count). The van der Waals surface area contributed by atoms with Crippen LogP contribution in [0.3, 0.4) is 0 Å². The summed E-state index contributed by atoms with van der Waals surface area (Å²) in [4.78, 5) is 19.4. The van der Waals surface area contributed by atoms with Gasteiger partial charge < -0.3 is 15.0 Å². The SMILES string of the molecule is CC1CN(c2ccc(C(=O)Nc3ccc(S(=O)(=O)C4CC4)cc3)cn2)CC(C)O1. The van der Waals surface area contributed by atoms with E-state index in [1.54, 1.807) is 36.5 Å². The Kier molecular flexibility index (Phi) is 5.31. The summed E-state index contributed by atoms with van der Waals surface area (Å²) in [7, 11) is -3.22. The van der Waals surface area contributed by atoms with Crippen molar-refractivity contribution in [3.8, 4) is 0 Å². The number of hydrogen-bond donors (Lipinski definition) is 1. The van der Waals surface area contributed by atoms with Gasteiger partial charge in [-0.2, -0.15) is 0 Å². The van der Waals surface area contributed by atoms with Crippen molar-refractivity contribution in [2.75, 3.05) is 23.3 Å². The average molecular weight is 416 g/mol. The molecule has 2 fully saturated rings. The van der Waals surface area contributed by atoms with E-state index in [9.17, 15) is 13.2 Å². The van der Waals surface area contributed by atoms with E-state index < -0.39 is 9.84 Å². The predicted molar refractivity (Wildman–Crippen MR) is 111 cm³/mol. The maximum Gasteiger partial charge on any atom is 0.257 e. The second-order valence-corrected chi connectivity index (χ2v) is 10.0. The molecule has 8 heteroatoms. The van der Waals surface area contributed by atoms with Crippen LogP contribution in [0.5, 0.6) is 0 Å². The Balaban J connectivity index is 1.41. The molecular formula is C21H25N3O4S. The second kappa shape index (κ2) is 7.76. The highest BCUT2D eigenvalue weighted by molar-refractivity contribution is 7.92. The Morgan fingerprint density at radius 1 is 1.07 bits per heavy atom. The minimum atomic E-state index is -3.22. The zero-order valence-corrected chi connectivity index (χ0v) is 17.4. The molecule has 29 heavy (non-hydrogen) atoms. The van der Waals surface area contributed by atoms with Crippen LogP contribution < -0.4 is 10.2 Å². The maximum atomic E-state index is 12.5. The number of morpholine rings is 1. The van der Waals surface area contributed by atoms with E-state index in [1.807, 2.05) is 19.9 Å². The number of benzene rings is 1. The van der Waals surface area contributed by atoms with Gasteiger partial charge in [0, 0.05) is 25.0 Å². The number of anilines is 2. The molecule has 2 aromatic rings. The van der Waals surface area contributed by atoms with Gasteiger partial charge in [0.05, 0.1) is 27.9 Å². The van der Waals surface area contributed by atoms with Crippen LogP contribution in [-0.2, 0) is 14.6 Å². The Hall–Kier alpha value is -2.45. The summed E-state index contributed by atoms with van der Waals surface area (Å²) >= 11 is 0. The molecule has 1 saturated carbocycles. The largest absolute Gasteiger partial charge is 0.372 e. The molecule has 0 radical (unpaired) electrons. The van der Waals surface area contributed by atoms with Crippen LogP contribution in [0.15, 0.2) is 47.5 Å². The summed E-state index contributed by atoms with van der Waals surface area (Å²) in [6, 6.07) is 9.91. The third-order valence-corrected chi connectivity index (χ3v) is 7.44. The van der Waals surface area contributed by atoms with Gasteiger partial charge in [0.2, 0.25) is 0 Å². The van der Waals surface area contributed by atoms with Crippen molar-refractivity contribution in [2.24, 2.45) is 0 Å². The summed E-state index contributed by atoms with van der Waals surface area (Å²) in [6.07, 6.45) is 3.28. The van der Waals surface area contributed by atoms with Gasteiger partial charge in [0.25, 0.3) is 5.91 Å². The highest BCUT2D eigenvalue weighted by atomic mass is 32.2. The Labute approximate surface area is 171 Å². The van der Waals surface area contributed by atoms with Crippen molar-refractivity contribution in [1.29, 1.82) is 0 Å². The zero-order valence-electron chi connectivity index (χ0n) is 16.5. The standard InChI is InChI=1S/C21H25N3O4S/c1-14-12-24(13-15(2)28-14)20-10-3-16(11-22-20)21(25)23-17-4-6-18(7-5-17)29(26,27)19-8-9-19/h3-7,10-11,14-15,19H,8-9,12-13H2,1-2H3,(H,23,25). The van der Waals surface area contributed by atoms with Gasteiger partial charge in [-0.15, -0.1) is 0 Å². The van der Waals surface area contributed by atoms with Crippen molar-refractivity contribution in [3.63, 3.8) is 0 Å². The van der Waals surface area contributed by atoms with Crippen LogP contribution in [0.1, 0.15) is 37.0 Å². The number of hydrogen-bond acceptors (Lipinski definition) is 6. The normalized spacial score (nSPS) is 22.3. The van der Waals surface area contributed by atoms with Crippen LogP contribution in [0.25, 0.3) is 0 Å². The van der Waals surface area contributed by atoms with Gasteiger partial charge in [-0.3, -0.25) is 4.79 Å². The maximum absolute atomic E-state index is 12.5. The van der Waals surface area contributed by atoms with Crippen molar-refractivity contribution >= 4 is 27.2 Å². The monoisotopic (exact) mass is 415 g/mol. The molecule has 1 aromatic carbocycles. The third-order valence-electron chi connectivity index (χ3n) is 5.16. The summed E-state index contributed by atoms with van der Waals surface area (Å²) in [6.45, 7) is 5.59. The van der Waals surface area contributed by atoms with Gasteiger partial charge in [-0.1, -0.05) is 0 Å². The number of sulfone groups is 1. The molecule has 1 saturated heterocycles. The zero-order chi connectivity index (χ0) is 20.6. The fraction of sp³-hybridized carbons (Fsp3) is 0.429. The number of ether oxygens (including phenoxy) is 1. The highest BCUT2D eigenvalue weighted by Crippen LogP contribution is 2.33. The highest BCUT2D eigenvalue weighted by Gasteiger charge is 2.36. The number of rotatable bonds is 5. The number of nitrogens with one attached hydrogen (secondary N) is 1. The molecule has 1 amide bonds. The van der Waals surface area contributed by atoms with Crippen LogP contribution in [0.4, 0.5) is 11.5 Å². The molecule has 1 aliphatic carbocycles. The topological polar surface area (TPSA) is 88.6 Å². The Morgan fingerprint density at radius 2 is 1.72 bits per heavy atom. The lowest BCUT2D eigenvalue weighted by Crippen LogP contribution is -2.45. The lowest BCUT2D eigenvalue weighted by molar-refractivity contribution is -0.00546. The molecular weight excluding hydrogens is 390 g/mol. The number of carbonyl (C=O) groups is 1. The van der Waals surface area contributed by atoms with E-state index in [4.69, 9.17) is 4.74 Å². The van der Waals surface area contributed by atoms with E-state index in [0.717, 1.165) is 31.7 Å².